The highest BCUT2D eigenvalue weighted by Gasteiger charge is 2.08. The van der Waals surface area contributed by atoms with Gasteiger partial charge in [-0.05, 0) is 12.1 Å². The second-order valence-electron chi connectivity index (χ2n) is 3.01. The molecule has 1 heterocycles. The van der Waals surface area contributed by atoms with Crippen LogP contribution in [-0.4, -0.2) is 4.98 Å². The third kappa shape index (κ3) is 1.70. The molecule has 2 rings (SSSR count). The summed E-state index contributed by atoms with van der Waals surface area (Å²) in [4.78, 5) is 3.89. The highest BCUT2D eigenvalue weighted by atomic mass is 19.1. The Labute approximate surface area is 86.6 Å². The topological polar surface area (TPSA) is 36.7 Å². The molecule has 15 heavy (non-hydrogen) atoms. The molecule has 0 aliphatic carbocycles. The summed E-state index contributed by atoms with van der Waals surface area (Å²) in [6.45, 7) is 0. The van der Waals surface area contributed by atoms with Crippen LogP contribution in [0.2, 0.25) is 0 Å². The lowest BCUT2D eigenvalue weighted by Gasteiger charge is -2.03. The maximum Gasteiger partial charge on any atom is 0.131 e. The van der Waals surface area contributed by atoms with Gasteiger partial charge in [0.15, 0.2) is 0 Å². The van der Waals surface area contributed by atoms with Gasteiger partial charge in [0.2, 0.25) is 0 Å². The van der Waals surface area contributed by atoms with Gasteiger partial charge in [-0.1, -0.05) is 18.2 Å². The molecule has 72 valence electrons. The minimum absolute atomic E-state index is 0.345. The molecule has 0 unspecified atom stereocenters. The molecule has 1 aromatic heterocycles. The first-order chi connectivity index (χ1) is 7.33. The number of pyridine rings is 1. The van der Waals surface area contributed by atoms with Crippen molar-refractivity contribution in [3.8, 4) is 17.2 Å². The van der Waals surface area contributed by atoms with Crippen molar-refractivity contribution < 1.29 is 4.39 Å². The fraction of sp³-hybridized carbons (Fsp3) is 0. The largest absolute Gasteiger partial charge is 0.264 e. The van der Waals surface area contributed by atoms with Gasteiger partial charge in [0.1, 0.15) is 5.82 Å². The third-order valence-corrected chi connectivity index (χ3v) is 2.11. The number of nitriles is 1. The van der Waals surface area contributed by atoms with Crippen molar-refractivity contribution in [1.82, 2.24) is 4.98 Å². The van der Waals surface area contributed by atoms with E-state index in [1.54, 1.807) is 24.3 Å². The van der Waals surface area contributed by atoms with Gasteiger partial charge < -0.3 is 0 Å². The Morgan fingerprint density at radius 1 is 1.13 bits per heavy atom. The Morgan fingerprint density at radius 3 is 2.67 bits per heavy atom. The molecular formula is C12H7FN2. The van der Waals surface area contributed by atoms with E-state index in [2.05, 4.69) is 4.98 Å². The molecule has 0 bridgehead atoms. The normalized spacial score (nSPS) is 9.60. The fourth-order valence-electron chi connectivity index (χ4n) is 1.39. The van der Waals surface area contributed by atoms with Crippen LogP contribution in [0.4, 0.5) is 4.39 Å². The maximum atomic E-state index is 13.5. The zero-order valence-corrected chi connectivity index (χ0v) is 7.81. The number of benzene rings is 1. The van der Waals surface area contributed by atoms with Gasteiger partial charge in [-0.2, -0.15) is 5.26 Å². The molecule has 3 heteroatoms. The molecule has 0 saturated heterocycles. The van der Waals surface area contributed by atoms with Gasteiger partial charge in [-0.15, -0.1) is 0 Å². The molecule has 0 amide bonds. The second-order valence-corrected chi connectivity index (χ2v) is 3.01. The van der Waals surface area contributed by atoms with E-state index >= 15 is 0 Å². The smallest absolute Gasteiger partial charge is 0.131 e. The maximum absolute atomic E-state index is 13.5. The van der Waals surface area contributed by atoms with Crippen LogP contribution in [0.5, 0.6) is 0 Å². The minimum Gasteiger partial charge on any atom is -0.264 e. The van der Waals surface area contributed by atoms with Crippen LogP contribution in [-0.2, 0) is 0 Å². The SMILES string of the molecule is N#Cc1ccncc1-c1ccccc1F. The van der Waals surface area contributed by atoms with Gasteiger partial charge in [-0.3, -0.25) is 4.98 Å². The van der Waals surface area contributed by atoms with Crippen LogP contribution in [0.25, 0.3) is 11.1 Å². The Hall–Kier alpha value is -2.21. The number of halogens is 1. The first-order valence-electron chi connectivity index (χ1n) is 4.42. The van der Waals surface area contributed by atoms with Gasteiger partial charge in [-0.25, -0.2) is 4.39 Å². The third-order valence-electron chi connectivity index (χ3n) is 2.11. The van der Waals surface area contributed by atoms with E-state index in [0.29, 0.717) is 16.7 Å². The molecule has 0 atom stereocenters. The number of hydrogen-bond acceptors (Lipinski definition) is 2. The van der Waals surface area contributed by atoms with Gasteiger partial charge in [0.25, 0.3) is 0 Å². The van der Waals surface area contributed by atoms with E-state index in [1.807, 2.05) is 6.07 Å². The van der Waals surface area contributed by atoms with Crippen LogP contribution in [0.15, 0.2) is 42.7 Å². The predicted octanol–water partition coefficient (Wildman–Crippen LogP) is 2.76. The van der Waals surface area contributed by atoms with E-state index in [9.17, 15) is 4.39 Å². The van der Waals surface area contributed by atoms with E-state index in [-0.39, 0.29) is 5.82 Å². The summed E-state index contributed by atoms with van der Waals surface area (Å²) in [5.41, 5.74) is 1.36. The highest BCUT2D eigenvalue weighted by molar-refractivity contribution is 5.69. The highest BCUT2D eigenvalue weighted by Crippen LogP contribution is 2.24. The summed E-state index contributed by atoms with van der Waals surface area (Å²) >= 11 is 0. The molecular weight excluding hydrogens is 191 g/mol. The predicted molar refractivity (Wildman–Crippen MR) is 54.3 cm³/mol. The first kappa shape index (κ1) is 9.35. The van der Waals surface area contributed by atoms with Gasteiger partial charge in [0, 0.05) is 23.5 Å². The molecule has 2 aromatic rings. The zero-order valence-electron chi connectivity index (χ0n) is 7.81. The van der Waals surface area contributed by atoms with E-state index in [0.717, 1.165) is 0 Å². The number of rotatable bonds is 1. The molecule has 0 radical (unpaired) electrons. The van der Waals surface area contributed by atoms with Crippen molar-refractivity contribution >= 4 is 0 Å². The minimum atomic E-state index is -0.345. The van der Waals surface area contributed by atoms with Crippen molar-refractivity contribution in [2.24, 2.45) is 0 Å². The molecule has 0 spiro atoms. The van der Waals surface area contributed by atoms with Crippen LogP contribution >= 0.6 is 0 Å². The van der Waals surface area contributed by atoms with Crippen LogP contribution < -0.4 is 0 Å². The lowest BCUT2D eigenvalue weighted by atomic mass is 10.0. The quantitative estimate of drug-likeness (QED) is 0.706. The molecule has 0 fully saturated rings. The molecule has 0 N–H and O–H groups in total. The first-order valence-corrected chi connectivity index (χ1v) is 4.42. The Kier molecular flexibility index (Phi) is 2.42. The van der Waals surface area contributed by atoms with Crippen molar-refractivity contribution in [2.75, 3.05) is 0 Å². The van der Waals surface area contributed by atoms with E-state index in [1.165, 1.54) is 18.5 Å². The summed E-state index contributed by atoms with van der Waals surface area (Å²) in [6.07, 6.45) is 3.01. The lowest BCUT2D eigenvalue weighted by molar-refractivity contribution is 0.631. The van der Waals surface area contributed by atoms with Crippen LogP contribution in [0.1, 0.15) is 5.56 Å². The lowest BCUT2D eigenvalue weighted by Crippen LogP contribution is -1.88. The zero-order chi connectivity index (χ0) is 10.7. The van der Waals surface area contributed by atoms with Crippen molar-refractivity contribution in [2.45, 2.75) is 0 Å². The summed E-state index contributed by atoms with van der Waals surface area (Å²) in [5, 5.41) is 8.87. The monoisotopic (exact) mass is 198 g/mol. The van der Waals surface area contributed by atoms with Crippen molar-refractivity contribution in [1.29, 1.82) is 5.26 Å². The standard InChI is InChI=1S/C12H7FN2/c13-12-4-2-1-3-10(12)11-8-15-6-5-9(11)7-14/h1-6,8H. The number of aromatic nitrogens is 1. The van der Waals surface area contributed by atoms with Crippen LogP contribution in [0.3, 0.4) is 0 Å². The molecule has 0 saturated carbocycles. The average Bonchev–Trinajstić information content (AvgIpc) is 2.30. The second kappa shape index (κ2) is 3.89. The Bertz CT molecular complexity index is 529. The summed E-state index contributed by atoms with van der Waals surface area (Å²) in [6, 6.07) is 9.92. The number of hydrogen-bond donors (Lipinski definition) is 0. The Balaban J connectivity index is 2.65. The molecule has 2 nitrogen and oxygen atoms in total. The molecule has 1 aromatic carbocycles. The fourth-order valence-corrected chi connectivity index (χ4v) is 1.39. The Morgan fingerprint density at radius 2 is 1.93 bits per heavy atom. The molecule has 0 aliphatic heterocycles. The van der Waals surface area contributed by atoms with E-state index in [4.69, 9.17) is 5.26 Å². The van der Waals surface area contributed by atoms with Crippen LogP contribution in [0, 0.1) is 17.1 Å². The van der Waals surface area contributed by atoms with E-state index < -0.39 is 0 Å². The molecule has 0 aliphatic rings. The van der Waals surface area contributed by atoms with Crippen molar-refractivity contribution in [3.63, 3.8) is 0 Å². The van der Waals surface area contributed by atoms with Crippen molar-refractivity contribution in [3.05, 3.63) is 54.1 Å². The van der Waals surface area contributed by atoms with Gasteiger partial charge >= 0.3 is 0 Å². The van der Waals surface area contributed by atoms with Gasteiger partial charge in [0.05, 0.1) is 11.6 Å². The number of nitrogens with zero attached hydrogens (tertiary/aromatic N) is 2. The summed E-state index contributed by atoms with van der Waals surface area (Å²) in [7, 11) is 0. The summed E-state index contributed by atoms with van der Waals surface area (Å²) in [5.74, 6) is -0.345. The average molecular weight is 198 g/mol. The summed E-state index contributed by atoms with van der Waals surface area (Å²) < 4.78 is 13.5.